The van der Waals surface area contributed by atoms with Crippen molar-refractivity contribution in [2.24, 2.45) is 0 Å². The highest BCUT2D eigenvalue weighted by molar-refractivity contribution is 6.04. The molecule has 0 radical (unpaired) electrons. The molecule has 6 nitrogen and oxygen atoms in total. The number of nitrogens with zero attached hydrogens (tertiary/aromatic N) is 2. The van der Waals surface area contributed by atoms with Crippen LogP contribution in [0.5, 0.6) is 5.75 Å². The molecule has 1 aliphatic rings. The van der Waals surface area contributed by atoms with Crippen LogP contribution in [-0.4, -0.2) is 37.1 Å². The number of hydrogen-bond donors (Lipinski definition) is 1. The summed E-state index contributed by atoms with van der Waals surface area (Å²) in [6.07, 6.45) is 0. The van der Waals surface area contributed by atoms with Crippen molar-refractivity contribution in [3.05, 3.63) is 95.1 Å². The highest BCUT2D eigenvalue weighted by Gasteiger charge is 2.12. The lowest BCUT2D eigenvalue weighted by molar-refractivity contribution is 0.0342. The van der Waals surface area contributed by atoms with E-state index in [-0.39, 0.29) is 12.5 Å². The third-order valence-electron chi connectivity index (χ3n) is 5.32. The third kappa shape index (κ3) is 5.73. The standard InChI is InChI=1S/C26H25N3O3/c27-17-22-6-1-2-7-23(22)19-32-25-10-4-8-21(16-25)26(30)28-24-9-3-5-20(15-24)18-29-11-13-31-14-12-29/h1-10,15-16H,11-14,18-19H2,(H,28,30). The van der Waals surface area contributed by atoms with Gasteiger partial charge >= 0.3 is 0 Å². The lowest BCUT2D eigenvalue weighted by atomic mass is 10.1. The first-order valence-electron chi connectivity index (χ1n) is 10.6. The Morgan fingerprint density at radius 3 is 2.69 bits per heavy atom. The number of anilines is 1. The average molecular weight is 428 g/mol. The van der Waals surface area contributed by atoms with E-state index >= 15 is 0 Å². The summed E-state index contributed by atoms with van der Waals surface area (Å²) in [5, 5.41) is 12.2. The van der Waals surface area contributed by atoms with Crippen LogP contribution < -0.4 is 10.1 Å². The number of nitriles is 1. The Balaban J connectivity index is 1.38. The van der Waals surface area contributed by atoms with E-state index in [0.717, 1.165) is 49.7 Å². The Morgan fingerprint density at radius 2 is 1.84 bits per heavy atom. The minimum Gasteiger partial charge on any atom is -0.489 e. The van der Waals surface area contributed by atoms with E-state index in [4.69, 9.17) is 9.47 Å². The molecular weight excluding hydrogens is 402 g/mol. The molecule has 1 aliphatic heterocycles. The average Bonchev–Trinajstić information content (AvgIpc) is 2.84. The second kappa shape index (κ2) is 10.6. The number of rotatable bonds is 7. The lowest BCUT2D eigenvalue weighted by Crippen LogP contribution is -2.35. The summed E-state index contributed by atoms with van der Waals surface area (Å²) in [5.74, 6) is 0.378. The normalized spacial score (nSPS) is 13.8. The number of hydrogen-bond acceptors (Lipinski definition) is 5. The van der Waals surface area contributed by atoms with Gasteiger partial charge in [-0.2, -0.15) is 5.26 Å². The smallest absolute Gasteiger partial charge is 0.255 e. The van der Waals surface area contributed by atoms with Crippen molar-refractivity contribution in [1.82, 2.24) is 4.90 Å². The van der Waals surface area contributed by atoms with Crippen molar-refractivity contribution in [2.75, 3.05) is 31.6 Å². The van der Waals surface area contributed by atoms with Gasteiger partial charge in [-0.3, -0.25) is 9.69 Å². The first-order valence-corrected chi connectivity index (χ1v) is 10.6. The fourth-order valence-electron chi connectivity index (χ4n) is 3.61. The molecule has 0 bridgehead atoms. The van der Waals surface area contributed by atoms with Crippen LogP contribution in [0.1, 0.15) is 27.0 Å². The molecule has 32 heavy (non-hydrogen) atoms. The Kier molecular flexibility index (Phi) is 7.13. The summed E-state index contributed by atoms with van der Waals surface area (Å²) in [6.45, 7) is 4.46. The summed E-state index contributed by atoms with van der Waals surface area (Å²) < 4.78 is 11.2. The number of benzene rings is 3. The first-order chi connectivity index (χ1) is 15.7. The summed E-state index contributed by atoms with van der Waals surface area (Å²) in [5.41, 5.74) is 3.81. The topological polar surface area (TPSA) is 74.6 Å². The molecule has 1 amide bonds. The van der Waals surface area contributed by atoms with Crippen LogP contribution in [-0.2, 0) is 17.9 Å². The van der Waals surface area contributed by atoms with Crippen molar-refractivity contribution < 1.29 is 14.3 Å². The molecule has 162 valence electrons. The number of nitrogens with one attached hydrogen (secondary N) is 1. The second-order valence-electron chi connectivity index (χ2n) is 7.63. The molecule has 0 saturated carbocycles. The van der Waals surface area contributed by atoms with Gasteiger partial charge in [0, 0.05) is 36.4 Å². The molecule has 0 unspecified atom stereocenters. The van der Waals surface area contributed by atoms with Gasteiger partial charge < -0.3 is 14.8 Å². The van der Waals surface area contributed by atoms with E-state index in [9.17, 15) is 10.1 Å². The van der Waals surface area contributed by atoms with Crippen molar-refractivity contribution >= 4 is 11.6 Å². The number of amides is 1. The van der Waals surface area contributed by atoms with Gasteiger partial charge in [0.15, 0.2) is 0 Å². The second-order valence-corrected chi connectivity index (χ2v) is 7.63. The van der Waals surface area contributed by atoms with Crippen LogP contribution >= 0.6 is 0 Å². The maximum absolute atomic E-state index is 12.8. The molecule has 1 heterocycles. The highest BCUT2D eigenvalue weighted by Crippen LogP contribution is 2.19. The minimum atomic E-state index is -0.198. The zero-order chi connectivity index (χ0) is 22.2. The molecule has 0 spiro atoms. The van der Waals surface area contributed by atoms with Gasteiger partial charge in [0.25, 0.3) is 5.91 Å². The monoisotopic (exact) mass is 427 g/mol. The molecule has 3 aromatic rings. The van der Waals surface area contributed by atoms with Gasteiger partial charge in [-0.05, 0) is 42.0 Å². The fourth-order valence-corrected chi connectivity index (χ4v) is 3.61. The van der Waals surface area contributed by atoms with E-state index in [1.165, 1.54) is 0 Å². The summed E-state index contributed by atoms with van der Waals surface area (Å²) >= 11 is 0. The van der Waals surface area contributed by atoms with Gasteiger partial charge in [0.1, 0.15) is 12.4 Å². The molecule has 0 aliphatic carbocycles. The Morgan fingerprint density at radius 1 is 1.03 bits per heavy atom. The summed E-state index contributed by atoms with van der Waals surface area (Å²) in [4.78, 5) is 15.1. The van der Waals surface area contributed by atoms with Gasteiger partial charge in [-0.1, -0.05) is 36.4 Å². The summed E-state index contributed by atoms with van der Waals surface area (Å²) in [7, 11) is 0. The maximum atomic E-state index is 12.8. The summed E-state index contributed by atoms with van der Waals surface area (Å²) in [6, 6.07) is 24.4. The van der Waals surface area contributed by atoms with E-state index in [0.29, 0.717) is 16.9 Å². The van der Waals surface area contributed by atoms with Gasteiger partial charge in [0.05, 0.1) is 24.8 Å². The Hall–Kier alpha value is -3.66. The predicted octanol–water partition coefficient (Wildman–Crippen LogP) is 4.22. The van der Waals surface area contributed by atoms with Crippen LogP contribution in [0.3, 0.4) is 0 Å². The molecule has 4 rings (SSSR count). The molecule has 0 atom stereocenters. The number of carbonyl (C=O) groups excluding carboxylic acids is 1. The molecule has 6 heteroatoms. The van der Waals surface area contributed by atoms with Crippen LogP contribution in [0.2, 0.25) is 0 Å². The SMILES string of the molecule is N#Cc1ccccc1COc1cccc(C(=O)Nc2cccc(CN3CCOCC3)c2)c1. The first kappa shape index (κ1) is 21.6. The molecule has 0 aromatic heterocycles. The zero-order valence-corrected chi connectivity index (χ0v) is 17.8. The number of ether oxygens (including phenoxy) is 2. The fraction of sp³-hybridized carbons (Fsp3) is 0.231. The van der Waals surface area contributed by atoms with Crippen LogP contribution in [0.15, 0.2) is 72.8 Å². The van der Waals surface area contributed by atoms with E-state index in [2.05, 4.69) is 22.4 Å². The molecule has 1 N–H and O–H groups in total. The highest BCUT2D eigenvalue weighted by atomic mass is 16.5. The number of morpholine rings is 1. The van der Waals surface area contributed by atoms with Crippen LogP contribution in [0, 0.1) is 11.3 Å². The Bertz CT molecular complexity index is 1120. The van der Waals surface area contributed by atoms with Gasteiger partial charge in [0.2, 0.25) is 0 Å². The van der Waals surface area contributed by atoms with Crippen molar-refractivity contribution in [3.8, 4) is 11.8 Å². The maximum Gasteiger partial charge on any atom is 0.255 e. The molecule has 1 saturated heterocycles. The largest absolute Gasteiger partial charge is 0.489 e. The quantitative estimate of drug-likeness (QED) is 0.611. The van der Waals surface area contributed by atoms with E-state index < -0.39 is 0 Å². The lowest BCUT2D eigenvalue weighted by Gasteiger charge is -2.26. The molecule has 3 aromatic carbocycles. The minimum absolute atomic E-state index is 0.198. The molecule has 1 fully saturated rings. The van der Waals surface area contributed by atoms with Crippen molar-refractivity contribution in [1.29, 1.82) is 5.26 Å². The zero-order valence-electron chi connectivity index (χ0n) is 17.8. The van der Waals surface area contributed by atoms with E-state index in [1.807, 2.05) is 36.4 Å². The van der Waals surface area contributed by atoms with E-state index in [1.54, 1.807) is 30.3 Å². The van der Waals surface area contributed by atoms with Gasteiger partial charge in [-0.15, -0.1) is 0 Å². The third-order valence-corrected chi connectivity index (χ3v) is 5.32. The van der Waals surface area contributed by atoms with Crippen LogP contribution in [0.4, 0.5) is 5.69 Å². The number of carbonyl (C=O) groups is 1. The molecular formula is C26H25N3O3. The van der Waals surface area contributed by atoms with Gasteiger partial charge in [-0.25, -0.2) is 0 Å². The predicted molar refractivity (Wildman–Crippen MR) is 122 cm³/mol. The van der Waals surface area contributed by atoms with Crippen LogP contribution in [0.25, 0.3) is 0 Å². The Labute approximate surface area is 188 Å². The van der Waals surface area contributed by atoms with Crippen molar-refractivity contribution in [3.63, 3.8) is 0 Å². The van der Waals surface area contributed by atoms with Crippen molar-refractivity contribution in [2.45, 2.75) is 13.2 Å².